The molecule has 0 amide bonds. The number of benzene rings is 1. The van der Waals surface area contributed by atoms with Crippen LogP contribution in [0.3, 0.4) is 0 Å². The number of rotatable bonds is 5. The van der Waals surface area contributed by atoms with Crippen molar-refractivity contribution in [1.29, 1.82) is 0 Å². The highest BCUT2D eigenvalue weighted by Crippen LogP contribution is 2.14. The summed E-state index contributed by atoms with van der Waals surface area (Å²) < 4.78 is 5.13. The maximum Gasteiger partial charge on any atom is 0.303 e. The third kappa shape index (κ3) is 4.13. The molecule has 1 rings (SSSR count). The highest BCUT2D eigenvalue weighted by atomic mass is 16.5. The normalized spacial score (nSPS) is 11.1. The van der Waals surface area contributed by atoms with Crippen LogP contribution in [0, 0.1) is 0 Å². The first-order valence-electron chi connectivity index (χ1n) is 5.40. The predicted molar refractivity (Wildman–Crippen MR) is 68.6 cm³/mol. The topological polar surface area (TPSA) is 26.3 Å². The van der Waals surface area contributed by atoms with Crippen molar-refractivity contribution in [2.45, 2.75) is 19.4 Å². The first-order chi connectivity index (χ1) is 8.17. The molecule has 2 nitrogen and oxygen atoms in total. The molecule has 2 heteroatoms. The van der Waals surface area contributed by atoms with Gasteiger partial charge in [0.2, 0.25) is 0 Å². The van der Waals surface area contributed by atoms with Gasteiger partial charge in [0.05, 0.1) is 0 Å². The van der Waals surface area contributed by atoms with Crippen LogP contribution in [0.15, 0.2) is 60.9 Å². The van der Waals surface area contributed by atoms with Crippen LogP contribution in [0.4, 0.5) is 0 Å². The van der Waals surface area contributed by atoms with Gasteiger partial charge >= 0.3 is 5.97 Å². The Morgan fingerprint density at radius 2 is 2.12 bits per heavy atom. The lowest BCUT2D eigenvalue weighted by Crippen LogP contribution is -2.17. The first kappa shape index (κ1) is 13.0. The van der Waals surface area contributed by atoms with Crippen molar-refractivity contribution >= 4 is 5.97 Å². The Morgan fingerprint density at radius 1 is 1.47 bits per heavy atom. The maximum absolute atomic E-state index is 11.0. The summed E-state index contributed by atoms with van der Waals surface area (Å²) in [6, 6.07) is 9.89. The van der Waals surface area contributed by atoms with Crippen molar-refractivity contribution in [3.8, 4) is 0 Å². The van der Waals surface area contributed by atoms with E-state index in [-0.39, 0.29) is 5.97 Å². The van der Waals surface area contributed by atoms with Gasteiger partial charge in [0.15, 0.2) is 0 Å². The second-order valence-electron chi connectivity index (χ2n) is 3.63. The molecule has 0 heterocycles. The summed E-state index contributed by atoms with van der Waals surface area (Å²) in [4.78, 5) is 11.0. The number of hydrogen-bond donors (Lipinski definition) is 0. The highest BCUT2D eigenvalue weighted by molar-refractivity contribution is 5.66. The molecular weight excluding hydrogens is 212 g/mol. The van der Waals surface area contributed by atoms with E-state index in [4.69, 9.17) is 4.74 Å². The molecule has 0 fully saturated rings. The van der Waals surface area contributed by atoms with Crippen molar-refractivity contribution in [3.05, 3.63) is 66.4 Å². The van der Waals surface area contributed by atoms with Crippen molar-refractivity contribution in [2.75, 3.05) is 0 Å². The second-order valence-corrected chi connectivity index (χ2v) is 3.63. The molecule has 1 aromatic rings. The number of ether oxygens (including phenoxy) is 1. The molecule has 1 atom stereocenters. The summed E-state index contributed by atoms with van der Waals surface area (Å²) in [6.45, 7) is 8.67. The van der Waals surface area contributed by atoms with Gasteiger partial charge in [-0.15, -0.1) is 5.73 Å². The van der Waals surface area contributed by atoms with Crippen LogP contribution in [0.25, 0.3) is 0 Å². The molecule has 0 aliphatic carbocycles. The molecule has 0 radical (unpaired) electrons. The Hall–Kier alpha value is -2.05. The Kier molecular flexibility index (Phi) is 4.99. The van der Waals surface area contributed by atoms with Gasteiger partial charge in [-0.2, -0.15) is 0 Å². The molecule has 0 aromatic heterocycles. The van der Waals surface area contributed by atoms with Crippen LogP contribution >= 0.6 is 0 Å². The van der Waals surface area contributed by atoms with Crippen LogP contribution < -0.4 is 0 Å². The summed E-state index contributed by atoms with van der Waals surface area (Å²) >= 11 is 0. The standard InChI is InChI=1S/C15H16O2/c1-4-14(15(5-2)17-12(3)16)11-13-9-7-6-8-10-13/h5-10,15H,1-2,11H2,3H3/t15-/m1/s1. The van der Waals surface area contributed by atoms with E-state index in [1.807, 2.05) is 30.3 Å². The lowest BCUT2D eigenvalue weighted by atomic mass is 10.0. The lowest BCUT2D eigenvalue weighted by Gasteiger charge is -2.15. The van der Waals surface area contributed by atoms with Crippen LogP contribution in [-0.4, -0.2) is 12.1 Å². The van der Waals surface area contributed by atoms with Crippen molar-refractivity contribution in [1.82, 2.24) is 0 Å². The van der Waals surface area contributed by atoms with Gasteiger partial charge in [0.1, 0.15) is 6.10 Å². The summed E-state index contributed by atoms with van der Waals surface area (Å²) in [7, 11) is 0. The quantitative estimate of drug-likeness (QED) is 0.440. The molecule has 17 heavy (non-hydrogen) atoms. The number of esters is 1. The van der Waals surface area contributed by atoms with Gasteiger partial charge in [-0.25, -0.2) is 0 Å². The number of carbonyl (C=O) groups is 1. The van der Waals surface area contributed by atoms with E-state index in [0.717, 1.165) is 11.1 Å². The zero-order chi connectivity index (χ0) is 12.7. The van der Waals surface area contributed by atoms with E-state index in [9.17, 15) is 4.79 Å². The van der Waals surface area contributed by atoms with Crippen molar-refractivity contribution < 1.29 is 9.53 Å². The third-order valence-corrected chi connectivity index (χ3v) is 2.31. The molecule has 0 aliphatic heterocycles. The first-order valence-corrected chi connectivity index (χ1v) is 5.40. The van der Waals surface area contributed by atoms with Crippen LogP contribution in [0.2, 0.25) is 0 Å². The Bertz CT molecular complexity index is 439. The molecule has 0 N–H and O–H groups in total. The Morgan fingerprint density at radius 3 is 2.59 bits per heavy atom. The van der Waals surface area contributed by atoms with E-state index >= 15 is 0 Å². The van der Waals surface area contributed by atoms with Crippen LogP contribution in [0.1, 0.15) is 12.5 Å². The van der Waals surface area contributed by atoms with Gasteiger partial charge in [-0.3, -0.25) is 4.79 Å². The van der Waals surface area contributed by atoms with Gasteiger partial charge in [0, 0.05) is 18.9 Å². The summed E-state index contributed by atoms with van der Waals surface area (Å²) in [6.07, 6.45) is 1.77. The molecule has 0 aliphatic rings. The third-order valence-electron chi connectivity index (χ3n) is 2.31. The molecule has 0 unspecified atom stereocenters. The SMILES string of the molecule is C=C=C(Cc1ccccc1)[C@@H](C=C)OC(C)=O. The minimum atomic E-state index is -0.454. The van der Waals surface area contributed by atoms with E-state index < -0.39 is 6.10 Å². The summed E-state index contributed by atoms with van der Waals surface area (Å²) in [5.74, 6) is -0.337. The average molecular weight is 228 g/mol. The molecule has 0 spiro atoms. The molecule has 88 valence electrons. The maximum atomic E-state index is 11.0. The molecule has 1 aromatic carbocycles. The predicted octanol–water partition coefficient (Wildman–Crippen LogP) is 3.06. The molecule has 0 saturated heterocycles. The minimum Gasteiger partial charge on any atom is -0.453 e. The highest BCUT2D eigenvalue weighted by Gasteiger charge is 2.13. The van der Waals surface area contributed by atoms with Crippen LogP contribution in [0.5, 0.6) is 0 Å². The zero-order valence-electron chi connectivity index (χ0n) is 9.98. The van der Waals surface area contributed by atoms with E-state index in [1.165, 1.54) is 6.92 Å². The van der Waals surface area contributed by atoms with Gasteiger partial charge < -0.3 is 4.74 Å². The molecule has 0 bridgehead atoms. The molecule has 0 saturated carbocycles. The van der Waals surface area contributed by atoms with Crippen molar-refractivity contribution in [2.24, 2.45) is 0 Å². The zero-order valence-corrected chi connectivity index (χ0v) is 9.98. The summed E-state index contributed by atoms with van der Waals surface area (Å²) in [5.41, 5.74) is 4.75. The van der Waals surface area contributed by atoms with Crippen LogP contribution in [-0.2, 0) is 16.0 Å². The van der Waals surface area contributed by atoms with E-state index in [0.29, 0.717) is 6.42 Å². The van der Waals surface area contributed by atoms with E-state index in [1.54, 1.807) is 6.08 Å². The second kappa shape index (κ2) is 6.51. The Labute approximate surface area is 102 Å². The Balaban J connectivity index is 2.81. The van der Waals surface area contributed by atoms with Gasteiger partial charge in [0.25, 0.3) is 0 Å². The fourth-order valence-electron chi connectivity index (χ4n) is 1.52. The average Bonchev–Trinajstić information content (AvgIpc) is 2.34. The fraction of sp³-hybridized carbons (Fsp3) is 0.200. The minimum absolute atomic E-state index is 0.337. The summed E-state index contributed by atoms with van der Waals surface area (Å²) in [5, 5.41) is 0. The van der Waals surface area contributed by atoms with Gasteiger partial charge in [-0.05, 0) is 11.6 Å². The van der Waals surface area contributed by atoms with Crippen molar-refractivity contribution in [3.63, 3.8) is 0 Å². The number of carbonyl (C=O) groups excluding carboxylic acids is 1. The number of hydrogen-bond acceptors (Lipinski definition) is 2. The van der Waals surface area contributed by atoms with E-state index in [2.05, 4.69) is 18.9 Å². The largest absolute Gasteiger partial charge is 0.453 e. The monoisotopic (exact) mass is 228 g/mol. The smallest absolute Gasteiger partial charge is 0.303 e. The lowest BCUT2D eigenvalue weighted by molar-refractivity contribution is -0.142. The molecular formula is C15H16O2. The van der Waals surface area contributed by atoms with Gasteiger partial charge in [-0.1, -0.05) is 43.5 Å². The fourth-order valence-corrected chi connectivity index (χ4v) is 1.52.